The minimum Gasteiger partial charge on any atom is -0.461 e. The number of esters is 2. The Morgan fingerprint density at radius 2 is 1.75 bits per heavy atom. The summed E-state index contributed by atoms with van der Waals surface area (Å²) in [4.78, 5) is 22.3. The van der Waals surface area contributed by atoms with Crippen LogP contribution in [0.3, 0.4) is 0 Å². The Bertz CT molecular complexity index is 496. The highest BCUT2D eigenvalue weighted by Gasteiger charge is 2.46. The molecule has 0 radical (unpaired) electrons. The summed E-state index contributed by atoms with van der Waals surface area (Å²) < 4.78 is 63.2. The lowest BCUT2D eigenvalue weighted by Crippen LogP contribution is -2.39. The van der Waals surface area contributed by atoms with E-state index in [0.29, 0.717) is 0 Å². The van der Waals surface area contributed by atoms with Crippen LogP contribution in [-0.4, -0.2) is 43.4 Å². The van der Waals surface area contributed by atoms with Gasteiger partial charge in [0, 0.05) is 6.08 Å². The molecule has 0 aromatic carbocycles. The van der Waals surface area contributed by atoms with Gasteiger partial charge in [-0.05, 0) is 13.8 Å². The number of halogens is 2. The molecule has 0 fully saturated rings. The van der Waals surface area contributed by atoms with Crippen molar-refractivity contribution in [1.29, 1.82) is 0 Å². The maximum absolute atomic E-state index is 12.8. The quantitative estimate of drug-likeness (QED) is 0.420. The van der Waals surface area contributed by atoms with E-state index in [9.17, 15) is 26.8 Å². The van der Waals surface area contributed by atoms with Crippen molar-refractivity contribution in [2.24, 2.45) is 5.41 Å². The summed E-state index contributed by atoms with van der Waals surface area (Å²) in [5.74, 6) is -2.05. The second kappa shape index (κ2) is 6.27. The monoisotopic (exact) mass is 316 g/mol. The van der Waals surface area contributed by atoms with Crippen LogP contribution in [0.15, 0.2) is 12.7 Å². The van der Waals surface area contributed by atoms with Gasteiger partial charge >= 0.3 is 27.3 Å². The summed E-state index contributed by atoms with van der Waals surface area (Å²) in [7, 11) is -5.68. The third-order valence-corrected chi connectivity index (χ3v) is 2.92. The van der Waals surface area contributed by atoms with Crippen LogP contribution in [0.1, 0.15) is 13.8 Å². The van der Waals surface area contributed by atoms with E-state index in [1.807, 2.05) is 0 Å². The first-order chi connectivity index (χ1) is 8.83. The summed E-state index contributed by atoms with van der Waals surface area (Å²) >= 11 is 0. The molecule has 0 heterocycles. The number of ether oxygens (including phenoxy) is 2. The van der Waals surface area contributed by atoms with Crippen molar-refractivity contribution < 1.29 is 40.8 Å². The van der Waals surface area contributed by atoms with Gasteiger partial charge in [0.25, 0.3) is 0 Å². The zero-order chi connectivity index (χ0) is 16.2. The van der Waals surface area contributed by atoms with Crippen LogP contribution in [0.25, 0.3) is 0 Å². The normalized spacial score (nSPS) is 12.7. The zero-order valence-electron chi connectivity index (χ0n) is 10.8. The second-order valence-corrected chi connectivity index (χ2v) is 5.93. The van der Waals surface area contributed by atoms with Gasteiger partial charge in [-0.3, -0.25) is 9.35 Å². The maximum Gasteiger partial charge on any atom is 0.402 e. The SMILES string of the molecule is C=CC(=O)OCC(C)(C)C(=O)OCC(F)(F)S(=O)(=O)O. The van der Waals surface area contributed by atoms with E-state index in [0.717, 1.165) is 6.08 Å². The molecule has 0 unspecified atom stereocenters. The molecule has 20 heavy (non-hydrogen) atoms. The Morgan fingerprint density at radius 1 is 1.25 bits per heavy atom. The highest BCUT2D eigenvalue weighted by Crippen LogP contribution is 2.24. The molecule has 0 aromatic heterocycles. The molecule has 0 aromatic rings. The van der Waals surface area contributed by atoms with Gasteiger partial charge in [-0.2, -0.15) is 17.2 Å². The van der Waals surface area contributed by atoms with Crippen molar-refractivity contribution >= 4 is 22.1 Å². The average molecular weight is 316 g/mol. The van der Waals surface area contributed by atoms with Crippen molar-refractivity contribution in [2.45, 2.75) is 19.1 Å². The molecule has 0 rings (SSSR count). The maximum atomic E-state index is 12.8. The molecule has 0 aliphatic rings. The first-order valence-corrected chi connectivity index (χ1v) is 6.59. The van der Waals surface area contributed by atoms with E-state index in [1.54, 1.807) is 0 Å². The Morgan fingerprint density at radius 3 is 2.15 bits per heavy atom. The summed E-state index contributed by atoms with van der Waals surface area (Å²) in [5, 5.41) is -4.61. The molecule has 0 spiro atoms. The van der Waals surface area contributed by atoms with Crippen molar-refractivity contribution in [3.8, 4) is 0 Å². The summed E-state index contributed by atoms with van der Waals surface area (Å²) in [6.45, 7) is 3.26. The van der Waals surface area contributed by atoms with Gasteiger partial charge in [0.15, 0.2) is 6.61 Å². The highest BCUT2D eigenvalue weighted by atomic mass is 32.2. The molecular formula is C10H14F2O7S. The number of alkyl halides is 2. The lowest BCUT2D eigenvalue weighted by Gasteiger charge is -2.23. The number of carbonyl (C=O) groups is 2. The molecule has 0 aliphatic carbocycles. The fourth-order valence-electron chi connectivity index (χ4n) is 0.789. The number of hydrogen-bond donors (Lipinski definition) is 1. The van der Waals surface area contributed by atoms with Crippen LogP contribution >= 0.6 is 0 Å². The first kappa shape index (κ1) is 18.4. The summed E-state index contributed by atoms with van der Waals surface area (Å²) in [6, 6.07) is 0. The topological polar surface area (TPSA) is 107 Å². The van der Waals surface area contributed by atoms with Crippen LogP contribution in [0.2, 0.25) is 0 Å². The largest absolute Gasteiger partial charge is 0.461 e. The Labute approximate surface area is 114 Å². The first-order valence-electron chi connectivity index (χ1n) is 5.15. The minimum absolute atomic E-state index is 0.478. The Hall–Kier alpha value is -1.55. The van der Waals surface area contributed by atoms with Crippen LogP contribution in [0.5, 0.6) is 0 Å². The molecular weight excluding hydrogens is 302 g/mol. The van der Waals surface area contributed by atoms with Crippen LogP contribution in [-0.2, 0) is 29.2 Å². The molecule has 0 atom stereocenters. The standard InChI is InChI=1S/C10H14F2O7S/c1-4-7(13)18-5-9(2,3)8(14)19-6-10(11,12)20(15,16)17/h4H,1,5-6H2,2-3H3,(H,15,16,17). The van der Waals surface area contributed by atoms with Crippen molar-refractivity contribution in [1.82, 2.24) is 0 Å². The van der Waals surface area contributed by atoms with E-state index in [1.165, 1.54) is 13.8 Å². The summed E-state index contributed by atoms with van der Waals surface area (Å²) in [6.07, 6.45) is 0.841. The van der Waals surface area contributed by atoms with Gasteiger partial charge in [-0.15, -0.1) is 0 Å². The number of hydrogen-bond acceptors (Lipinski definition) is 6. The smallest absolute Gasteiger partial charge is 0.402 e. The fourth-order valence-corrected chi connectivity index (χ4v) is 0.997. The van der Waals surface area contributed by atoms with Gasteiger partial charge in [0.2, 0.25) is 0 Å². The molecule has 0 aliphatic heterocycles. The van der Waals surface area contributed by atoms with E-state index >= 15 is 0 Å². The average Bonchev–Trinajstić information content (AvgIpc) is 2.31. The lowest BCUT2D eigenvalue weighted by atomic mass is 9.95. The predicted octanol–water partition coefficient (Wildman–Crippen LogP) is 0.766. The van der Waals surface area contributed by atoms with E-state index in [-0.39, 0.29) is 0 Å². The van der Waals surface area contributed by atoms with E-state index < -0.39 is 45.9 Å². The van der Waals surface area contributed by atoms with Crippen LogP contribution in [0.4, 0.5) is 8.78 Å². The van der Waals surface area contributed by atoms with E-state index in [2.05, 4.69) is 16.1 Å². The van der Waals surface area contributed by atoms with Gasteiger partial charge < -0.3 is 9.47 Å². The minimum atomic E-state index is -5.68. The van der Waals surface area contributed by atoms with Gasteiger partial charge in [-0.25, -0.2) is 4.79 Å². The third-order valence-electron chi connectivity index (χ3n) is 2.04. The zero-order valence-corrected chi connectivity index (χ0v) is 11.6. The van der Waals surface area contributed by atoms with Gasteiger partial charge in [-0.1, -0.05) is 6.58 Å². The molecule has 0 bridgehead atoms. The van der Waals surface area contributed by atoms with Crippen molar-refractivity contribution in [2.75, 3.05) is 13.2 Å². The molecule has 10 heteroatoms. The van der Waals surface area contributed by atoms with E-state index in [4.69, 9.17) is 4.55 Å². The van der Waals surface area contributed by atoms with Crippen LogP contribution < -0.4 is 0 Å². The molecule has 1 N–H and O–H groups in total. The molecule has 116 valence electrons. The lowest BCUT2D eigenvalue weighted by molar-refractivity contribution is -0.165. The highest BCUT2D eigenvalue weighted by molar-refractivity contribution is 7.86. The third kappa shape index (κ3) is 5.21. The fraction of sp³-hybridized carbons (Fsp3) is 0.600. The molecule has 0 saturated heterocycles. The van der Waals surface area contributed by atoms with Crippen molar-refractivity contribution in [3.05, 3.63) is 12.7 Å². The summed E-state index contributed by atoms with van der Waals surface area (Å²) in [5.41, 5.74) is -1.48. The second-order valence-electron chi connectivity index (χ2n) is 4.38. The van der Waals surface area contributed by atoms with Gasteiger partial charge in [0.05, 0.1) is 5.41 Å². The van der Waals surface area contributed by atoms with Gasteiger partial charge in [0.1, 0.15) is 6.61 Å². The number of carbonyl (C=O) groups excluding carboxylic acids is 2. The Balaban J connectivity index is 4.61. The van der Waals surface area contributed by atoms with Crippen molar-refractivity contribution in [3.63, 3.8) is 0 Å². The molecule has 0 saturated carbocycles. The molecule has 0 amide bonds. The Kier molecular flexibility index (Phi) is 5.78. The number of rotatable bonds is 7. The predicted molar refractivity (Wildman–Crippen MR) is 62.4 cm³/mol. The van der Waals surface area contributed by atoms with Crippen LogP contribution in [0, 0.1) is 5.41 Å². The molecule has 7 nitrogen and oxygen atoms in total.